The molecule has 1 rings (SSSR count). The summed E-state index contributed by atoms with van der Waals surface area (Å²) in [4.78, 5) is 11.9. The standard InChI is InChI=1S/C14H18N2O/c1-10(2)16-14(17)13-9-12(5-4-8-15)7-6-11(13)3/h6-7,9-10H,8,15H2,1-3H3,(H,16,17). The van der Waals surface area contributed by atoms with Gasteiger partial charge in [0.15, 0.2) is 0 Å². The average Bonchev–Trinajstić information content (AvgIpc) is 2.27. The van der Waals surface area contributed by atoms with Crippen molar-refractivity contribution in [3.05, 3.63) is 34.9 Å². The van der Waals surface area contributed by atoms with Crippen LogP contribution in [-0.2, 0) is 0 Å². The van der Waals surface area contributed by atoms with Crippen LogP contribution in [0, 0.1) is 18.8 Å². The summed E-state index contributed by atoms with van der Waals surface area (Å²) in [5.41, 5.74) is 7.75. The fourth-order valence-corrected chi connectivity index (χ4v) is 1.44. The zero-order valence-electron chi connectivity index (χ0n) is 10.5. The summed E-state index contributed by atoms with van der Waals surface area (Å²) in [5, 5.41) is 2.87. The Morgan fingerprint density at radius 3 is 2.76 bits per heavy atom. The fraction of sp³-hybridized carbons (Fsp3) is 0.357. The first-order valence-electron chi connectivity index (χ1n) is 5.65. The predicted octanol–water partition coefficient (Wildman–Crippen LogP) is 1.44. The van der Waals surface area contributed by atoms with Gasteiger partial charge in [-0.2, -0.15) is 0 Å². The highest BCUT2D eigenvalue weighted by Gasteiger charge is 2.10. The molecule has 0 unspecified atom stereocenters. The molecular weight excluding hydrogens is 212 g/mol. The quantitative estimate of drug-likeness (QED) is 0.755. The predicted molar refractivity (Wildman–Crippen MR) is 69.7 cm³/mol. The molecule has 1 aromatic carbocycles. The van der Waals surface area contributed by atoms with Crippen molar-refractivity contribution in [2.24, 2.45) is 5.73 Å². The first-order chi connectivity index (χ1) is 8.04. The Hall–Kier alpha value is -1.79. The number of carbonyl (C=O) groups excluding carboxylic acids is 1. The normalized spacial score (nSPS) is 9.71. The van der Waals surface area contributed by atoms with Gasteiger partial charge in [0.05, 0.1) is 6.54 Å². The van der Waals surface area contributed by atoms with Crippen LogP contribution in [0.25, 0.3) is 0 Å². The van der Waals surface area contributed by atoms with Gasteiger partial charge in [-0.05, 0) is 38.5 Å². The number of nitrogens with two attached hydrogens (primary N) is 1. The van der Waals surface area contributed by atoms with Crippen LogP contribution < -0.4 is 11.1 Å². The van der Waals surface area contributed by atoms with Crippen LogP contribution in [0.15, 0.2) is 18.2 Å². The average molecular weight is 230 g/mol. The maximum atomic E-state index is 11.9. The molecule has 0 aliphatic carbocycles. The monoisotopic (exact) mass is 230 g/mol. The van der Waals surface area contributed by atoms with Crippen LogP contribution in [0.1, 0.15) is 35.3 Å². The Kier molecular flexibility index (Phi) is 4.74. The van der Waals surface area contributed by atoms with E-state index in [9.17, 15) is 4.79 Å². The largest absolute Gasteiger partial charge is 0.350 e. The van der Waals surface area contributed by atoms with Crippen LogP contribution in [0.2, 0.25) is 0 Å². The van der Waals surface area contributed by atoms with E-state index in [1.54, 1.807) is 6.07 Å². The number of nitrogens with one attached hydrogen (secondary N) is 1. The Labute approximate surface area is 102 Å². The van der Waals surface area contributed by atoms with Crippen LogP contribution >= 0.6 is 0 Å². The van der Waals surface area contributed by atoms with E-state index in [1.807, 2.05) is 32.9 Å². The van der Waals surface area contributed by atoms with Gasteiger partial charge in [0.2, 0.25) is 0 Å². The van der Waals surface area contributed by atoms with E-state index in [2.05, 4.69) is 17.2 Å². The molecule has 3 heteroatoms. The Bertz CT molecular complexity index is 467. The molecule has 3 nitrogen and oxygen atoms in total. The first-order valence-corrected chi connectivity index (χ1v) is 5.65. The van der Waals surface area contributed by atoms with Gasteiger partial charge in [-0.25, -0.2) is 0 Å². The van der Waals surface area contributed by atoms with Gasteiger partial charge in [-0.3, -0.25) is 4.79 Å². The van der Waals surface area contributed by atoms with Crippen molar-refractivity contribution in [2.45, 2.75) is 26.8 Å². The van der Waals surface area contributed by atoms with Crippen molar-refractivity contribution >= 4 is 5.91 Å². The third kappa shape index (κ3) is 3.93. The van der Waals surface area contributed by atoms with Crippen molar-refractivity contribution in [1.82, 2.24) is 5.32 Å². The lowest BCUT2D eigenvalue weighted by atomic mass is 10.0. The van der Waals surface area contributed by atoms with Crippen molar-refractivity contribution in [3.63, 3.8) is 0 Å². The van der Waals surface area contributed by atoms with Gasteiger partial charge in [-0.1, -0.05) is 17.9 Å². The number of hydrogen-bond donors (Lipinski definition) is 2. The molecule has 0 bridgehead atoms. The van der Waals surface area contributed by atoms with E-state index < -0.39 is 0 Å². The first kappa shape index (κ1) is 13.3. The van der Waals surface area contributed by atoms with Gasteiger partial charge in [0.1, 0.15) is 0 Å². The molecule has 0 atom stereocenters. The minimum atomic E-state index is -0.0612. The minimum Gasteiger partial charge on any atom is -0.350 e. The maximum absolute atomic E-state index is 11.9. The van der Waals surface area contributed by atoms with Crippen LogP contribution in [0.5, 0.6) is 0 Å². The zero-order chi connectivity index (χ0) is 12.8. The molecule has 1 amide bonds. The number of benzene rings is 1. The topological polar surface area (TPSA) is 55.1 Å². The van der Waals surface area contributed by atoms with E-state index in [0.29, 0.717) is 12.1 Å². The van der Waals surface area contributed by atoms with Crippen molar-refractivity contribution in [2.75, 3.05) is 6.54 Å². The fourth-order valence-electron chi connectivity index (χ4n) is 1.44. The summed E-state index contributed by atoms with van der Waals surface area (Å²) in [5.74, 6) is 5.64. The van der Waals surface area contributed by atoms with Crippen molar-refractivity contribution < 1.29 is 4.79 Å². The highest BCUT2D eigenvalue weighted by Crippen LogP contribution is 2.10. The summed E-state index contributed by atoms with van der Waals surface area (Å²) >= 11 is 0. The molecule has 0 radical (unpaired) electrons. The number of carbonyl (C=O) groups is 1. The Balaban J connectivity index is 3.02. The zero-order valence-corrected chi connectivity index (χ0v) is 10.5. The molecule has 0 saturated heterocycles. The SMILES string of the molecule is Cc1ccc(C#CCN)cc1C(=O)NC(C)C. The highest BCUT2D eigenvalue weighted by atomic mass is 16.1. The van der Waals surface area contributed by atoms with Gasteiger partial charge in [0, 0.05) is 17.2 Å². The minimum absolute atomic E-state index is 0.0612. The van der Waals surface area contributed by atoms with Crippen LogP contribution in [0.3, 0.4) is 0 Å². The second-order valence-electron chi connectivity index (χ2n) is 4.16. The number of amides is 1. The van der Waals surface area contributed by atoms with Gasteiger partial charge >= 0.3 is 0 Å². The maximum Gasteiger partial charge on any atom is 0.251 e. The molecule has 0 aliphatic heterocycles. The molecule has 3 N–H and O–H groups in total. The van der Waals surface area contributed by atoms with Gasteiger partial charge in [0.25, 0.3) is 5.91 Å². The number of hydrogen-bond acceptors (Lipinski definition) is 2. The van der Waals surface area contributed by atoms with E-state index in [-0.39, 0.29) is 11.9 Å². The smallest absolute Gasteiger partial charge is 0.251 e. The van der Waals surface area contributed by atoms with E-state index >= 15 is 0 Å². The second-order valence-corrected chi connectivity index (χ2v) is 4.16. The molecule has 0 aromatic heterocycles. The van der Waals surface area contributed by atoms with Crippen LogP contribution in [0.4, 0.5) is 0 Å². The van der Waals surface area contributed by atoms with Crippen LogP contribution in [-0.4, -0.2) is 18.5 Å². The summed E-state index contributed by atoms with van der Waals surface area (Å²) in [6.07, 6.45) is 0. The van der Waals surface area contributed by atoms with E-state index in [4.69, 9.17) is 5.73 Å². The highest BCUT2D eigenvalue weighted by molar-refractivity contribution is 5.96. The van der Waals surface area contributed by atoms with Crippen molar-refractivity contribution in [1.29, 1.82) is 0 Å². The molecular formula is C14H18N2O. The molecule has 17 heavy (non-hydrogen) atoms. The third-order valence-corrected chi connectivity index (χ3v) is 2.24. The summed E-state index contributed by atoms with van der Waals surface area (Å²) in [6.45, 7) is 6.10. The van der Waals surface area contributed by atoms with Crippen molar-refractivity contribution in [3.8, 4) is 11.8 Å². The molecule has 0 heterocycles. The van der Waals surface area contributed by atoms with E-state index in [0.717, 1.165) is 11.1 Å². The molecule has 0 aliphatic rings. The van der Waals surface area contributed by atoms with Gasteiger partial charge in [-0.15, -0.1) is 0 Å². The Morgan fingerprint density at radius 1 is 1.47 bits per heavy atom. The molecule has 0 fully saturated rings. The number of rotatable bonds is 2. The Morgan fingerprint density at radius 2 is 2.18 bits per heavy atom. The van der Waals surface area contributed by atoms with E-state index in [1.165, 1.54) is 0 Å². The summed E-state index contributed by atoms with van der Waals surface area (Å²) < 4.78 is 0. The summed E-state index contributed by atoms with van der Waals surface area (Å²) in [7, 11) is 0. The lowest BCUT2D eigenvalue weighted by molar-refractivity contribution is 0.0942. The summed E-state index contributed by atoms with van der Waals surface area (Å²) in [6, 6.07) is 5.72. The lowest BCUT2D eigenvalue weighted by Gasteiger charge is -2.10. The molecule has 0 saturated carbocycles. The molecule has 1 aromatic rings. The number of aryl methyl sites for hydroxylation is 1. The lowest BCUT2D eigenvalue weighted by Crippen LogP contribution is -2.30. The molecule has 0 spiro atoms. The van der Waals surface area contributed by atoms with Gasteiger partial charge < -0.3 is 11.1 Å². The third-order valence-electron chi connectivity index (χ3n) is 2.24. The molecule has 90 valence electrons. The second kappa shape index (κ2) is 6.07.